The molecule has 0 aliphatic carbocycles. The maximum Gasteiger partial charge on any atom is 0.0640 e. The lowest BCUT2D eigenvalue weighted by Crippen LogP contribution is -2.34. The number of aliphatic hydroxyl groups is 1. The average molecular weight is 250 g/mol. The normalized spacial score (nSPS) is 28.5. The van der Waals surface area contributed by atoms with Gasteiger partial charge in [0.15, 0.2) is 0 Å². The molecule has 3 rings (SSSR count). The lowest BCUT2D eigenvalue weighted by Gasteiger charge is -2.23. The summed E-state index contributed by atoms with van der Waals surface area (Å²) in [4.78, 5) is 2.52. The summed E-state index contributed by atoms with van der Waals surface area (Å²) in [5, 5.41) is 16.8. The van der Waals surface area contributed by atoms with E-state index in [0.29, 0.717) is 12.6 Å². The van der Waals surface area contributed by atoms with E-state index in [0.717, 1.165) is 19.1 Å². The van der Waals surface area contributed by atoms with Crippen LogP contribution in [0.1, 0.15) is 24.8 Å². The second kappa shape index (κ2) is 5.38. The molecule has 18 heavy (non-hydrogen) atoms. The number of likely N-dealkylation sites (tertiary alicyclic amines) is 1. The third kappa shape index (κ3) is 2.74. The molecule has 5 heteroatoms. The number of hydrogen-bond donors (Lipinski definition) is 2. The van der Waals surface area contributed by atoms with E-state index in [-0.39, 0.29) is 6.61 Å². The van der Waals surface area contributed by atoms with Crippen LogP contribution in [0.2, 0.25) is 0 Å². The van der Waals surface area contributed by atoms with Crippen molar-refractivity contribution >= 4 is 0 Å². The van der Waals surface area contributed by atoms with Gasteiger partial charge in [0.25, 0.3) is 0 Å². The van der Waals surface area contributed by atoms with Crippen molar-refractivity contribution < 1.29 is 5.11 Å². The average Bonchev–Trinajstić information content (AvgIpc) is 2.90. The maximum atomic E-state index is 8.88. The lowest BCUT2D eigenvalue weighted by atomic mass is 10.1. The van der Waals surface area contributed by atoms with Crippen molar-refractivity contribution in [2.45, 2.75) is 44.4 Å². The Morgan fingerprint density at radius 1 is 1.33 bits per heavy atom. The van der Waals surface area contributed by atoms with Gasteiger partial charge in [0, 0.05) is 43.5 Å². The van der Waals surface area contributed by atoms with Crippen LogP contribution >= 0.6 is 0 Å². The number of fused-ring (bicyclic) bond motifs is 2. The molecular weight excluding hydrogens is 228 g/mol. The van der Waals surface area contributed by atoms with Crippen LogP contribution in [0, 0.1) is 0 Å². The van der Waals surface area contributed by atoms with E-state index < -0.39 is 0 Å². The smallest absolute Gasteiger partial charge is 0.0640 e. The highest BCUT2D eigenvalue weighted by Gasteiger charge is 2.29. The van der Waals surface area contributed by atoms with Gasteiger partial charge in [-0.1, -0.05) is 0 Å². The fourth-order valence-electron chi connectivity index (χ4n) is 3.13. The van der Waals surface area contributed by atoms with Gasteiger partial charge in [-0.3, -0.25) is 9.58 Å². The summed E-state index contributed by atoms with van der Waals surface area (Å²) >= 11 is 0. The third-order valence-electron chi connectivity index (χ3n) is 4.03. The number of aliphatic hydroxyl groups excluding tert-OH is 1. The zero-order chi connectivity index (χ0) is 12.4. The quantitative estimate of drug-likeness (QED) is 0.801. The summed E-state index contributed by atoms with van der Waals surface area (Å²) in [6, 6.07) is 1.43. The van der Waals surface area contributed by atoms with Crippen LogP contribution in [0.3, 0.4) is 0 Å². The summed E-state index contributed by atoms with van der Waals surface area (Å²) in [5.74, 6) is 0. The minimum Gasteiger partial charge on any atom is -0.394 e. The molecule has 0 saturated carbocycles. The number of nitrogens with zero attached hydrogens (tertiary/aromatic N) is 3. The number of aromatic nitrogens is 2. The van der Waals surface area contributed by atoms with Crippen LogP contribution in [0.5, 0.6) is 0 Å². The van der Waals surface area contributed by atoms with Crippen LogP contribution in [-0.4, -0.2) is 51.6 Å². The van der Waals surface area contributed by atoms with E-state index in [4.69, 9.17) is 5.11 Å². The topological polar surface area (TPSA) is 53.3 Å². The lowest BCUT2D eigenvalue weighted by molar-refractivity contribution is 0.250. The molecule has 2 unspecified atom stereocenters. The van der Waals surface area contributed by atoms with Crippen molar-refractivity contribution in [2.75, 3.05) is 19.7 Å². The zero-order valence-electron chi connectivity index (χ0n) is 10.8. The van der Waals surface area contributed by atoms with Gasteiger partial charge in [0.2, 0.25) is 0 Å². The Kier molecular flexibility index (Phi) is 3.63. The minimum absolute atomic E-state index is 0.151. The fourth-order valence-corrected chi connectivity index (χ4v) is 3.13. The van der Waals surface area contributed by atoms with Crippen molar-refractivity contribution in [2.24, 2.45) is 0 Å². The Morgan fingerprint density at radius 3 is 3.11 bits per heavy atom. The minimum atomic E-state index is 0.151. The van der Waals surface area contributed by atoms with Crippen molar-refractivity contribution in [3.05, 3.63) is 18.0 Å². The van der Waals surface area contributed by atoms with E-state index in [1.165, 1.54) is 31.4 Å². The van der Waals surface area contributed by atoms with E-state index in [1.54, 1.807) is 0 Å². The molecule has 2 aliphatic rings. The van der Waals surface area contributed by atoms with E-state index in [2.05, 4.69) is 15.3 Å². The van der Waals surface area contributed by atoms with Gasteiger partial charge in [0.1, 0.15) is 0 Å². The molecule has 2 fully saturated rings. The van der Waals surface area contributed by atoms with Crippen LogP contribution in [0.15, 0.2) is 12.4 Å². The van der Waals surface area contributed by atoms with Crippen LogP contribution in [0.25, 0.3) is 0 Å². The van der Waals surface area contributed by atoms with Crippen LogP contribution in [-0.2, 0) is 13.1 Å². The van der Waals surface area contributed by atoms with Crippen molar-refractivity contribution in [3.63, 3.8) is 0 Å². The molecule has 2 bridgehead atoms. The number of nitrogens with one attached hydrogen (secondary N) is 1. The molecule has 0 radical (unpaired) electrons. The van der Waals surface area contributed by atoms with E-state index >= 15 is 0 Å². The first-order valence-corrected chi connectivity index (χ1v) is 6.94. The zero-order valence-corrected chi connectivity index (χ0v) is 10.8. The largest absolute Gasteiger partial charge is 0.394 e. The first-order valence-electron chi connectivity index (χ1n) is 6.94. The molecule has 2 N–H and O–H groups in total. The molecule has 5 nitrogen and oxygen atoms in total. The highest BCUT2D eigenvalue weighted by Crippen LogP contribution is 2.21. The van der Waals surface area contributed by atoms with Gasteiger partial charge < -0.3 is 10.4 Å². The van der Waals surface area contributed by atoms with Gasteiger partial charge in [-0.05, 0) is 19.3 Å². The third-order valence-corrected chi connectivity index (χ3v) is 4.03. The Morgan fingerprint density at radius 2 is 2.22 bits per heavy atom. The second-order valence-corrected chi connectivity index (χ2v) is 5.50. The Balaban J connectivity index is 1.58. The predicted molar refractivity (Wildman–Crippen MR) is 69.2 cm³/mol. The number of hydrogen-bond acceptors (Lipinski definition) is 4. The Labute approximate surface area is 108 Å². The van der Waals surface area contributed by atoms with Gasteiger partial charge in [-0.15, -0.1) is 0 Å². The summed E-state index contributed by atoms with van der Waals surface area (Å²) in [6.45, 7) is 4.06. The van der Waals surface area contributed by atoms with Crippen molar-refractivity contribution in [3.8, 4) is 0 Å². The second-order valence-electron chi connectivity index (χ2n) is 5.50. The van der Waals surface area contributed by atoms with Crippen LogP contribution in [0.4, 0.5) is 0 Å². The Hall–Kier alpha value is -0.910. The Bertz CT molecular complexity index is 392. The molecule has 1 aromatic heterocycles. The van der Waals surface area contributed by atoms with E-state index in [1.807, 2.05) is 17.1 Å². The number of rotatable bonds is 4. The van der Waals surface area contributed by atoms with Gasteiger partial charge in [-0.2, -0.15) is 5.10 Å². The maximum absolute atomic E-state index is 8.88. The SMILES string of the molecule is OCCn1cc(CN2CCC3CCC(C2)N3)cn1. The molecule has 0 aromatic carbocycles. The molecular formula is C13H22N4O. The molecule has 3 heterocycles. The standard InChI is InChI=1S/C13H22N4O/c18-6-5-17-9-11(7-14-17)8-16-4-3-12-1-2-13(10-16)15-12/h7,9,12-13,15,18H,1-6,8,10H2. The van der Waals surface area contributed by atoms with E-state index in [9.17, 15) is 0 Å². The molecule has 100 valence electrons. The summed E-state index contributed by atoms with van der Waals surface area (Å²) < 4.78 is 1.82. The molecule has 0 spiro atoms. The molecule has 2 saturated heterocycles. The summed E-state index contributed by atoms with van der Waals surface area (Å²) in [6.07, 6.45) is 7.91. The molecule has 1 aromatic rings. The van der Waals surface area contributed by atoms with Gasteiger partial charge in [-0.25, -0.2) is 0 Å². The van der Waals surface area contributed by atoms with Crippen molar-refractivity contribution in [1.29, 1.82) is 0 Å². The van der Waals surface area contributed by atoms with Gasteiger partial charge >= 0.3 is 0 Å². The monoisotopic (exact) mass is 250 g/mol. The molecule has 0 amide bonds. The van der Waals surface area contributed by atoms with Crippen molar-refractivity contribution in [1.82, 2.24) is 20.0 Å². The summed E-state index contributed by atoms with van der Waals surface area (Å²) in [5.41, 5.74) is 1.25. The molecule has 2 atom stereocenters. The van der Waals surface area contributed by atoms with Gasteiger partial charge in [0.05, 0.1) is 19.3 Å². The summed E-state index contributed by atoms with van der Waals surface area (Å²) in [7, 11) is 0. The first-order chi connectivity index (χ1) is 8.83. The van der Waals surface area contributed by atoms with Crippen LogP contribution < -0.4 is 5.32 Å². The fraction of sp³-hybridized carbons (Fsp3) is 0.769. The highest BCUT2D eigenvalue weighted by atomic mass is 16.3. The predicted octanol–water partition coefficient (Wildman–Crippen LogP) is 0.202. The molecule has 2 aliphatic heterocycles. The first kappa shape index (κ1) is 12.1. The highest BCUT2D eigenvalue weighted by molar-refractivity contribution is 5.04.